The van der Waals surface area contributed by atoms with Crippen LogP contribution in [0.1, 0.15) is 10.6 Å². The lowest BCUT2D eigenvalue weighted by Gasteiger charge is -2.04. The van der Waals surface area contributed by atoms with Crippen molar-refractivity contribution in [3.8, 4) is 0 Å². The summed E-state index contributed by atoms with van der Waals surface area (Å²) in [5, 5.41) is 5.19. The van der Waals surface area contributed by atoms with E-state index in [9.17, 15) is 9.59 Å². The van der Waals surface area contributed by atoms with Crippen molar-refractivity contribution in [1.29, 1.82) is 0 Å². The number of carbonyl (C=O) groups is 2. The Labute approximate surface area is 92.2 Å². The molecule has 0 aliphatic rings. The van der Waals surface area contributed by atoms with Crippen molar-refractivity contribution in [3.63, 3.8) is 0 Å². The molecule has 7 heteroatoms. The van der Waals surface area contributed by atoms with Gasteiger partial charge in [-0.05, 0) is 6.07 Å². The minimum Gasteiger partial charge on any atom is -0.463 e. The number of amides is 1. The van der Waals surface area contributed by atoms with Gasteiger partial charge < -0.3 is 15.4 Å². The van der Waals surface area contributed by atoms with Gasteiger partial charge in [0.1, 0.15) is 5.82 Å². The lowest BCUT2D eigenvalue weighted by atomic mass is 10.5. The highest BCUT2D eigenvalue weighted by atomic mass is 16.5. The first-order valence-corrected chi connectivity index (χ1v) is 4.53. The van der Waals surface area contributed by atoms with Crippen LogP contribution >= 0.6 is 0 Å². The molecule has 2 N–H and O–H groups in total. The minimum atomic E-state index is -0.622. The molecule has 0 fully saturated rings. The zero-order valence-corrected chi connectivity index (χ0v) is 8.98. The standard InChI is InChI=1S/C9H12N4O3/c1-10-7(14)5-12-6-3-4-11-8(13-6)9(15)16-2/h3-4H,5H2,1-2H3,(H,10,14)(H,11,12,13). The number of aromatic nitrogens is 2. The molecule has 86 valence electrons. The van der Waals surface area contributed by atoms with E-state index in [4.69, 9.17) is 0 Å². The molecule has 1 aromatic heterocycles. The van der Waals surface area contributed by atoms with Crippen LogP contribution in [0, 0.1) is 0 Å². The predicted octanol–water partition coefficient (Wildman–Crippen LogP) is -0.579. The second kappa shape index (κ2) is 5.64. The number of anilines is 1. The zero-order chi connectivity index (χ0) is 12.0. The number of hydrogen-bond donors (Lipinski definition) is 2. The smallest absolute Gasteiger partial charge is 0.376 e. The van der Waals surface area contributed by atoms with E-state index in [1.165, 1.54) is 20.4 Å². The molecule has 0 saturated heterocycles. The van der Waals surface area contributed by atoms with Gasteiger partial charge in [0.25, 0.3) is 0 Å². The van der Waals surface area contributed by atoms with E-state index in [0.717, 1.165) is 0 Å². The van der Waals surface area contributed by atoms with Gasteiger partial charge in [-0.2, -0.15) is 0 Å². The van der Waals surface area contributed by atoms with E-state index >= 15 is 0 Å². The molecule has 0 bridgehead atoms. The quantitative estimate of drug-likeness (QED) is 0.665. The maximum absolute atomic E-state index is 11.1. The molecule has 0 atom stereocenters. The Balaban J connectivity index is 2.67. The Bertz CT molecular complexity index is 394. The molecule has 0 saturated carbocycles. The number of nitrogens with one attached hydrogen (secondary N) is 2. The number of nitrogens with zero attached hydrogens (tertiary/aromatic N) is 2. The number of methoxy groups -OCH3 is 1. The van der Waals surface area contributed by atoms with E-state index in [1.54, 1.807) is 6.07 Å². The molecule has 1 rings (SSSR count). The van der Waals surface area contributed by atoms with Crippen LogP contribution < -0.4 is 10.6 Å². The fraction of sp³-hybridized carbons (Fsp3) is 0.333. The fourth-order valence-corrected chi connectivity index (χ4v) is 0.906. The first kappa shape index (κ1) is 11.9. The Hall–Kier alpha value is -2.18. The zero-order valence-electron chi connectivity index (χ0n) is 8.98. The van der Waals surface area contributed by atoms with E-state index in [2.05, 4.69) is 25.3 Å². The van der Waals surface area contributed by atoms with Gasteiger partial charge in [0.05, 0.1) is 13.7 Å². The van der Waals surface area contributed by atoms with Gasteiger partial charge in [-0.3, -0.25) is 4.79 Å². The highest BCUT2D eigenvalue weighted by molar-refractivity contribution is 5.85. The van der Waals surface area contributed by atoms with Crippen LogP contribution in [0.3, 0.4) is 0 Å². The summed E-state index contributed by atoms with van der Waals surface area (Å²) in [5.74, 6) is -0.467. The number of likely N-dealkylation sites (N-methyl/N-ethyl adjacent to an activating group) is 1. The molecule has 0 radical (unpaired) electrons. The molecule has 0 spiro atoms. The Morgan fingerprint density at radius 2 is 2.25 bits per heavy atom. The molecular weight excluding hydrogens is 212 g/mol. The van der Waals surface area contributed by atoms with Gasteiger partial charge in [0, 0.05) is 13.2 Å². The number of esters is 1. The molecule has 0 aromatic carbocycles. The third-order valence-electron chi connectivity index (χ3n) is 1.73. The topological polar surface area (TPSA) is 93.2 Å². The van der Waals surface area contributed by atoms with E-state index in [-0.39, 0.29) is 18.3 Å². The summed E-state index contributed by atoms with van der Waals surface area (Å²) in [6, 6.07) is 1.55. The van der Waals surface area contributed by atoms with Gasteiger partial charge >= 0.3 is 5.97 Å². The molecule has 1 heterocycles. The maximum atomic E-state index is 11.1. The number of hydrogen-bond acceptors (Lipinski definition) is 6. The van der Waals surface area contributed by atoms with Crippen molar-refractivity contribution >= 4 is 17.7 Å². The van der Waals surface area contributed by atoms with Crippen molar-refractivity contribution in [2.75, 3.05) is 26.0 Å². The van der Waals surface area contributed by atoms with Crippen molar-refractivity contribution in [2.24, 2.45) is 0 Å². The van der Waals surface area contributed by atoms with E-state index in [0.29, 0.717) is 5.82 Å². The summed E-state index contributed by atoms with van der Waals surface area (Å²) in [6.45, 7) is 0.0775. The first-order valence-electron chi connectivity index (χ1n) is 4.53. The van der Waals surface area contributed by atoms with Gasteiger partial charge in [-0.1, -0.05) is 0 Å². The molecule has 1 aromatic rings. The summed E-state index contributed by atoms with van der Waals surface area (Å²) in [7, 11) is 2.78. The lowest BCUT2D eigenvalue weighted by Crippen LogP contribution is -2.26. The van der Waals surface area contributed by atoms with Crippen LogP contribution in [0.5, 0.6) is 0 Å². The summed E-state index contributed by atoms with van der Waals surface area (Å²) in [6.07, 6.45) is 1.41. The van der Waals surface area contributed by atoms with Crippen LogP contribution in [0.2, 0.25) is 0 Å². The third-order valence-corrected chi connectivity index (χ3v) is 1.73. The summed E-state index contributed by atoms with van der Waals surface area (Å²) in [5.41, 5.74) is 0. The predicted molar refractivity (Wildman–Crippen MR) is 55.9 cm³/mol. The van der Waals surface area contributed by atoms with Gasteiger partial charge in [0.2, 0.25) is 11.7 Å². The Morgan fingerprint density at radius 1 is 1.50 bits per heavy atom. The third kappa shape index (κ3) is 3.19. The maximum Gasteiger partial charge on any atom is 0.376 e. The Kier molecular flexibility index (Phi) is 4.19. The number of carbonyl (C=O) groups excluding carboxylic acids is 2. The largest absolute Gasteiger partial charge is 0.463 e. The Morgan fingerprint density at radius 3 is 2.88 bits per heavy atom. The van der Waals surface area contributed by atoms with Gasteiger partial charge in [-0.25, -0.2) is 14.8 Å². The van der Waals surface area contributed by atoms with Gasteiger partial charge in [-0.15, -0.1) is 0 Å². The van der Waals surface area contributed by atoms with Crippen molar-refractivity contribution < 1.29 is 14.3 Å². The summed E-state index contributed by atoms with van der Waals surface area (Å²) in [4.78, 5) is 29.7. The van der Waals surface area contributed by atoms with Crippen LogP contribution in [-0.2, 0) is 9.53 Å². The van der Waals surface area contributed by atoms with Crippen LogP contribution in [0.4, 0.5) is 5.82 Å². The van der Waals surface area contributed by atoms with E-state index < -0.39 is 5.97 Å². The van der Waals surface area contributed by atoms with Crippen LogP contribution in [0.25, 0.3) is 0 Å². The minimum absolute atomic E-state index is 0.0515. The molecule has 7 nitrogen and oxygen atoms in total. The summed E-state index contributed by atoms with van der Waals surface area (Å²) >= 11 is 0. The second-order valence-corrected chi connectivity index (χ2v) is 2.78. The monoisotopic (exact) mass is 224 g/mol. The average molecular weight is 224 g/mol. The molecule has 1 amide bonds. The van der Waals surface area contributed by atoms with Crippen LogP contribution in [0.15, 0.2) is 12.3 Å². The second-order valence-electron chi connectivity index (χ2n) is 2.78. The SMILES string of the molecule is CNC(=O)CNc1ccnc(C(=O)OC)n1. The highest BCUT2D eigenvalue weighted by Crippen LogP contribution is 2.02. The van der Waals surface area contributed by atoms with E-state index in [1.807, 2.05) is 0 Å². The van der Waals surface area contributed by atoms with Crippen molar-refractivity contribution in [3.05, 3.63) is 18.1 Å². The normalized spacial score (nSPS) is 9.38. The van der Waals surface area contributed by atoms with Crippen molar-refractivity contribution in [1.82, 2.24) is 15.3 Å². The van der Waals surface area contributed by atoms with Gasteiger partial charge in [0.15, 0.2) is 0 Å². The molecule has 0 aliphatic heterocycles. The van der Waals surface area contributed by atoms with Crippen LogP contribution in [-0.4, -0.2) is 42.5 Å². The highest BCUT2D eigenvalue weighted by Gasteiger charge is 2.09. The molecule has 16 heavy (non-hydrogen) atoms. The fourth-order valence-electron chi connectivity index (χ4n) is 0.906. The number of ether oxygens (including phenoxy) is 1. The average Bonchev–Trinajstić information content (AvgIpc) is 2.35. The summed E-state index contributed by atoms with van der Waals surface area (Å²) < 4.78 is 4.47. The first-order chi connectivity index (χ1) is 7.67. The molecule has 0 aliphatic carbocycles. The molecule has 0 unspecified atom stereocenters. The lowest BCUT2D eigenvalue weighted by molar-refractivity contribution is -0.118. The molecular formula is C9H12N4O3. The van der Waals surface area contributed by atoms with Crippen molar-refractivity contribution in [2.45, 2.75) is 0 Å². The number of rotatable bonds is 4.